The average Bonchev–Trinajstić information content (AvgIpc) is 2.78. The van der Waals surface area contributed by atoms with Crippen molar-refractivity contribution in [1.82, 2.24) is 10.0 Å². The zero-order chi connectivity index (χ0) is 14.6. The maximum atomic E-state index is 12.4. The standard InChI is InChI=1S/C14H20N2O2S2/c1-3-9-15-10-13-14(20(17,18)16-4-2)11-7-5-6-8-12(11)19-13/h5-8,15-16H,3-4,9-10H2,1-2H3. The van der Waals surface area contributed by atoms with Crippen LogP contribution >= 0.6 is 11.3 Å². The van der Waals surface area contributed by atoms with Crippen molar-refractivity contribution in [3.05, 3.63) is 29.1 Å². The minimum Gasteiger partial charge on any atom is -0.312 e. The van der Waals surface area contributed by atoms with Crippen molar-refractivity contribution >= 4 is 31.4 Å². The van der Waals surface area contributed by atoms with Gasteiger partial charge in [0.25, 0.3) is 0 Å². The first-order chi connectivity index (χ1) is 9.60. The number of hydrogen-bond donors (Lipinski definition) is 2. The van der Waals surface area contributed by atoms with E-state index in [0.29, 0.717) is 18.0 Å². The average molecular weight is 312 g/mol. The highest BCUT2D eigenvalue weighted by Crippen LogP contribution is 2.34. The van der Waals surface area contributed by atoms with E-state index in [4.69, 9.17) is 0 Å². The summed E-state index contributed by atoms with van der Waals surface area (Å²) in [7, 11) is -3.44. The molecule has 0 unspecified atom stereocenters. The van der Waals surface area contributed by atoms with E-state index in [1.807, 2.05) is 24.3 Å². The third-order valence-corrected chi connectivity index (χ3v) is 5.91. The number of sulfonamides is 1. The Bertz CT molecular complexity index is 678. The summed E-state index contributed by atoms with van der Waals surface area (Å²) in [5.74, 6) is 0. The molecule has 1 heterocycles. The SMILES string of the molecule is CCCNCc1sc2ccccc2c1S(=O)(=O)NCC. The number of hydrogen-bond acceptors (Lipinski definition) is 4. The molecule has 0 amide bonds. The molecule has 1 aromatic carbocycles. The Kier molecular flexibility index (Phi) is 5.15. The van der Waals surface area contributed by atoms with Crippen molar-refractivity contribution < 1.29 is 8.42 Å². The van der Waals surface area contributed by atoms with E-state index in [2.05, 4.69) is 17.0 Å². The highest BCUT2D eigenvalue weighted by atomic mass is 32.2. The lowest BCUT2D eigenvalue weighted by Crippen LogP contribution is -2.25. The van der Waals surface area contributed by atoms with E-state index in [0.717, 1.165) is 27.9 Å². The predicted molar refractivity (Wildman–Crippen MR) is 84.7 cm³/mol. The van der Waals surface area contributed by atoms with Crippen molar-refractivity contribution in [1.29, 1.82) is 0 Å². The minimum atomic E-state index is -3.44. The predicted octanol–water partition coefficient (Wildman–Crippen LogP) is 2.70. The fraction of sp³-hybridized carbons (Fsp3) is 0.429. The Balaban J connectivity index is 2.50. The minimum absolute atomic E-state index is 0.397. The molecule has 6 heteroatoms. The van der Waals surface area contributed by atoms with Gasteiger partial charge in [-0.2, -0.15) is 0 Å². The van der Waals surface area contributed by atoms with Crippen LogP contribution in [0.25, 0.3) is 10.1 Å². The summed E-state index contributed by atoms with van der Waals surface area (Å²) in [6, 6.07) is 7.66. The van der Waals surface area contributed by atoms with Gasteiger partial charge >= 0.3 is 0 Å². The van der Waals surface area contributed by atoms with Gasteiger partial charge in [-0.1, -0.05) is 32.0 Å². The van der Waals surface area contributed by atoms with E-state index in [1.54, 1.807) is 18.3 Å². The molecule has 2 rings (SSSR count). The molecule has 0 saturated carbocycles. The molecule has 110 valence electrons. The second kappa shape index (κ2) is 6.67. The summed E-state index contributed by atoms with van der Waals surface area (Å²) in [5.41, 5.74) is 0. The summed E-state index contributed by atoms with van der Waals surface area (Å²) in [4.78, 5) is 1.31. The maximum absolute atomic E-state index is 12.4. The van der Waals surface area contributed by atoms with Gasteiger partial charge < -0.3 is 5.32 Å². The normalized spacial score (nSPS) is 12.1. The van der Waals surface area contributed by atoms with Crippen LogP contribution in [0.1, 0.15) is 25.1 Å². The lowest BCUT2D eigenvalue weighted by Gasteiger charge is -2.07. The largest absolute Gasteiger partial charge is 0.312 e. The fourth-order valence-corrected chi connectivity index (χ4v) is 5.08. The van der Waals surface area contributed by atoms with Crippen molar-refractivity contribution in [2.24, 2.45) is 0 Å². The van der Waals surface area contributed by atoms with Crippen molar-refractivity contribution in [2.75, 3.05) is 13.1 Å². The number of thiophene rings is 1. The van der Waals surface area contributed by atoms with Crippen molar-refractivity contribution in [2.45, 2.75) is 31.7 Å². The van der Waals surface area contributed by atoms with Crippen LogP contribution in [0.4, 0.5) is 0 Å². The van der Waals surface area contributed by atoms with Crippen LogP contribution in [0.5, 0.6) is 0 Å². The Morgan fingerprint density at radius 2 is 1.95 bits per heavy atom. The Hall–Kier alpha value is -0.950. The van der Waals surface area contributed by atoms with E-state index in [1.165, 1.54) is 0 Å². The zero-order valence-electron chi connectivity index (χ0n) is 11.8. The second-order valence-corrected chi connectivity index (χ2v) is 7.37. The summed E-state index contributed by atoms with van der Waals surface area (Å²) >= 11 is 1.55. The molecule has 0 aliphatic heterocycles. The number of nitrogens with one attached hydrogen (secondary N) is 2. The first-order valence-corrected chi connectivity index (χ1v) is 9.11. The van der Waals surface area contributed by atoms with Crippen LogP contribution in [-0.2, 0) is 16.6 Å². The highest BCUT2D eigenvalue weighted by Gasteiger charge is 2.23. The van der Waals surface area contributed by atoms with Gasteiger partial charge in [0.2, 0.25) is 10.0 Å². The first-order valence-electron chi connectivity index (χ1n) is 6.81. The third kappa shape index (κ3) is 3.20. The first kappa shape index (κ1) is 15.4. The smallest absolute Gasteiger partial charge is 0.242 e. The fourth-order valence-electron chi connectivity index (χ4n) is 2.12. The van der Waals surface area contributed by atoms with Gasteiger partial charge in [-0.25, -0.2) is 13.1 Å². The Morgan fingerprint density at radius 3 is 2.65 bits per heavy atom. The second-order valence-electron chi connectivity index (χ2n) is 4.53. The summed E-state index contributed by atoms with van der Waals surface area (Å²) in [6.45, 7) is 5.76. The number of benzene rings is 1. The van der Waals surface area contributed by atoms with Crippen LogP contribution in [0.2, 0.25) is 0 Å². The maximum Gasteiger partial charge on any atom is 0.242 e. The van der Waals surface area contributed by atoms with Crippen LogP contribution in [0.15, 0.2) is 29.2 Å². The third-order valence-electron chi connectivity index (χ3n) is 2.93. The van der Waals surface area contributed by atoms with E-state index in [9.17, 15) is 8.42 Å². The van der Waals surface area contributed by atoms with Gasteiger partial charge in [0.05, 0.1) is 0 Å². The highest BCUT2D eigenvalue weighted by molar-refractivity contribution is 7.90. The van der Waals surface area contributed by atoms with Crippen LogP contribution < -0.4 is 10.0 Å². The van der Waals surface area contributed by atoms with E-state index in [-0.39, 0.29) is 0 Å². The molecular weight excluding hydrogens is 292 g/mol. The molecule has 0 aliphatic rings. The zero-order valence-corrected chi connectivity index (χ0v) is 13.4. The van der Waals surface area contributed by atoms with Crippen molar-refractivity contribution in [3.63, 3.8) is 0 Å². The summed E-state index contributed by atoms with van der Waals surface area (Å²) < 4.78 is 28.5. The molecule has 0 saturated heterocycles. The molecule has 0 aliphatic carbocycles. The Labute approximate surface area is 124 Å². The summed E-state index contributed by atoms with van der Waals surface area (Å²) in [5, 5.41) is 4.10. The molecule has 0 fully saturated rings. The monoisotopic (exact) mass is 312 g/mol. The van der Waals surface area contributed by atoms with Crippen molar-refractivity contribution in [3.8, 4) is 0 Å². The lowest BCUT2D eigenvalue weighted by molar-refractivity contribution is 0.583. The van der Waals surface area contributed by atoms with E-state index < -0.39 is 10.0 Å². The quantitative estimate of drug-likeness (QED) is 0.773. The van der Waals surface area contributed by atoms with Crippen LogP contribution in [-0.4, -0.2) is 21.5 Å². The van der Waals surface area contributed by atoms with Gasteiger partial charge in [0, 0.05) is 28.1 Å². The summed E-state index contributed by atoms with van der Waals surface area (Å²) in [6.07, 6.45) is 1.03. The molecule has 1 aromatic heterocycles. The van der Waals surface area contributed by atoms with Crippen LogP contribution in [0, 0.1) is 0 Å². The number of fused-ring (bicyclic) bond motifs is 1. The van der Waals surface area contributed by atoms with Gasteiger partial charge in [-0.15, -0.1) is 11.3 Å². The van der Waals surface area contributed by atoms with Crippen LogP contribution in [0.3, 0.4) is 0 Å². The Morgan fingerprint density at radius 1 is 1.20 bits per heavy atom. The van der Waals surface area contributed by atoms with Gasteiger partial charge in [-0.05, 0) is 19.0 Å². The topological polar surface area (TPSA) is 58.2 Å². The molecular formula is C14H20N2O2S2. The molecule has 4 nitrogen and oxygen atoms in total. The van der Waals surface area contributed by atoms with Gasteiger partial charge in [0.1, 0.15) is 4.90 Å². The molecule has 0 bridgehead atoms. The number of rotatable bonds is 7. The lowest BCUT2D eigenvalue weighted by atomic mass is 10.2. The molecule has 0 radical (unpaired) electrons. The van der Waals surface area contributed by atoms with Gasteiger partial charge in [-0.3, -0.25) is 0 Å². The molecule has 2 N–H and O–H groups in total. The molecule has 0 spiro atoms. The molecule has 20 heavy (non-hydrogen) atoms. The molecule has 0 atom stereocenters. The van der Waals surface area contributed by atoms with Gasteiger partial charge in [0.15, 0.2) is 0 Å². The molecule has 2 aromatic rings. The van der Waals surface area contributed by atoms with E-state index >= 15 is 0 Å².